The van der Waals surface area contributed by atoms with Crippen LogP contribution in [0.4, 0.5) is 0 Å². The summed E-state index contributed by atoms with van der Waals surface area (Å²) < 4.78 is 0. The molecule has 1 nitrogen and oxygen atoms in total. The van der Waals surface area contributed by atoms with Gasteiger partial charge in [0.2, 0.25) is 0 Å². The minimum Gasteiger partial charge on any atom is -0.507 e. The van der Waals surface area contributed by atoms with Crippen molar-refractivity contribution in [3.8, 4) is 5.75 Å². The quantitative estimate of drug-likeness (QED) is 0.723. The Bertz CT molecular complexity index is 350. The van der Waals surface area contributed by atoms with Crippen LogP contribution in [0.15, 0.2) is 24.3 Å². The Morgan fingerprint density at radius 2 is 1.86 bits per heavy atom. The molecular weight excluding hydrogens is 172 g/mol. The number of phenols is 1. The molecule has 76 valence electrons. The molecule has 14 heavy (non-hydrogen) atoms. The molecule has 0 spiro atoms. The van der Waals surface area contributed by atoms with Gasteiger partial charge in [-0.25, -0.2) is 0 Å². The van der Waals surface area contributed by atoms with Gasteiger partial charge in [-0.2, -0.15) is 0 Å². The van der Waals surface area contributed by atoms with Crippen molar-refractivity contribution >= 4 is 0 Å². The average Bonchev–Trinajstić information content (AvgIpc) is 2.11. The fourth-order valence-electron chi connectivity index (χ4n) is 1.51. The van der Waals surface area contributed by atoms with Crippen LogP contribution in [-0.2, 0) is 6.42 Å². The van der Waals surface area contributed by atoms with Crippen molar-refractivity contribution < 1.29 is 5.11 Å². The van der Waals surface area contributed by atoms with Crippen LogP contribution in [0.1, 0.15) is 30.0 Å². The Hall–Kier alpha value is -1.24. The SMILES string of the molecule is C=C(C)CCc1c(C)ccc(C)c1O. The maximum atomic E-state index is 9.86. The van der Waals surface area contributed by atoms with Gasteiger partial charge in [-0.1, -0.05) is 17.7 Å². The van der Waals surface area contributed by atoms with Crippen LogP contribution in [-0.4, -0.2) is 5.11 Å². The molecule has 1 heteroatoms. The Labute approximate surface area is 86.1 Å². The molecule has 0 aliphatic heterocycles. The van der Waals surface area contributed by atoms with Gasteiger partial charge in [0.15, 0.2) is 0 Å². The minimum atomic E-state index is 0.450. The Balaban J connectivity index is 2.95. The highest BCUT2D eigenvalue weighted by Gasteiger charge is 2.06. The van der Waals surface area contributed by atoms with Gasteiger partial charge in [-0.05, 0) is 50.3 Å². The van der Waals surface area contributed by atoms with E-state index in [1.54, 1.807) is 0 Å². The zero-order valence-corrected chi connectivity index (χ0v) is 9.22. The zero-order chi connectivity index (χ0) is 10.7. The molecule has 0 radical (unpaired) electrons. The van der Waals surface area contributed by atoms with E-state index in [0.29, 0.717) is 5.75 Å². The van der Waals surface area contributed by atoms with Crippen molar-refractivity contribution in [2.45, 2.75) is 33.6 Å². The molecule has 0 unspecified atom stereocenters. The predicted molar refractivity (Wildman–Crippen MR) is 60.7 cm³/mol. The van der Waals surface area contributed by atoms with Gasteiger partial charge in [0.25, 0.3) is 0 Å². The average molecular weight is 190 g/mol. The molecule has 0 saturated carbocycles. The third-order valence-electron chi connectivity index (χ3n) is 2.52. The normalized spacial score (nSPS) is 10.2. The monoisotopic (exact) mass is 190 g/mol. The smallest absolute Gasteiger partial charge is 0.121 e. The number of hydrogen-bond acceptors (Lipinski definition) is 1. The number of hydrogen-bond donors (Lipinski definition) is 1. The van der Waals surface area contributed by atoms with Crippen LogP contribution < -0.4 is 0 Å². The van der Waals surface area contributed by atoms with E-state index in [4.69, 9.17) is 0 Å². The molecular formula is C13H18O. The van der Waals surface area contributed by atoms with Crippen LogP contribution in [0.25, 0.3) is 0 Å². The number of benzene rings is 1. The van der Waals surface area contributed by atoms with E-state index in [-0.39, 0.29) is 0 Å². The Morgan fingerprint density at radius 1 is 1.29 bits per heavy atom. The first-order valence-corrected chi connectivity index (χ1v) is 4.94. The van der Waals surface area contributed by atoms with Crippen molar-refractivity contribution in [1.29, 1.82) is 0 Å². The lowest BCUT2D eigenvalue weighted by Crippen LogP contribution is -1.93. The zero-order valence-electron chi connectivity index (χ0n) is 9.22. The summed E-state index contributed by atoms with van der Waals surface area (Å²) in [7, 11) is 0. The Morgan fingerprint density at radius 3 is 2.43 bits per heavy atom. The summed E-state index contributed by atoms with van der Waals surface area (Å²) in [6.45, 7) is 9.85. The summed E-state index contributed by atoms with van der Waals surface area (Å²) in [6, 6.07) is 4.01. The van der Waals surface area contributed by atoms with Gasteiger partial charge in [0.05, 0.1) is 0 Å². The highest BCUT2D eigenvalue weighted by molar-refractivity contribution is 5.44. The summed E-state index contributed by atoms with van der Waals surface area (Å²) in [5.41, 5.74) is 4.33. The first kappa shape index (κ1) is 10.8. The molecule has 0 atom stereocenters. The third kappa shape index (κ3) is 2.38. The topological polar surface area (TPSA) is 20.2 Å². The van der Waals surface area contributed by atoms with Crippen LogP contribution in [0.3, 0.4) is 0 Å². The summed E-state index contributed by atoms with van der Waals surface area (Å²) in [5.74, 6) is 0.450. The standard InChI is InChI=1S/C13H18O/c1-9(2)5-8-12-10(3)6-7-11(4)13(12)14/h6-7,14H,1,5,8H2,2-4H3. The first-order valence-electron chi connectivity index (χ1n) is 4.94. The Kier molecular flexibility index (Phi) is 3.34. The largest absolute Gasteiger partial charge is 0.507 e. The van der Waals surface area contributed by atoms with E-state index >= 15 is 0 Å². The third-order valence-corrected chi connectivity index (χ3v) is 2.52. The van der Waals surface area contributed by atoms with Crippen LogP contribution >= 0.6 is 0 Å². The van der Waals surface area contributed by atoms with E-state index in [0.717, 1.165) is 35.1 Å². The van der Waals surface area contributed by atoms with E-state index < -0.39 is 0 Å². The van der Waals surface area contributed by atoms with Gasteiger partial charge < -0.3 is 5.11 Å². The molecule has 1 aromatic rings. The number of allylic oxidation sites excluding steroid dienone is 1. The van der Waals surface area contributed by atoms with Crippen molar-refractivity contribution in [3.63, 3.8) is 0 Å². The van der Waals surface area contributed by atoms with E-state index in [2.05, 4.69) is 12.6 Å². The fourth-order valence-corrected chi connectivity index (χ4v) is 1.51. The summed E-state index contributed by atoms with van der Waals surface area (Å²) in [4.78, 5) is 0. The van der Waals surface area contributed by atoms with Crippen molar-refractivity contribution in [1.82, 2.24) is 0 Å². The molecule has 1 N–H and O–H groups in total. The molecule has 1 rings (SSSR count). The van der Waals surface area contributed by atoms with Gasteiger partial charge >= 0.3 is 0 Å². The second-order valence-corrected chi connectivity index (χ2v) is 3.98. The summed E-state index contributed by atoms with van der Waals surface area (Å²) >= 11 is 0. The van der Waals surface area contributed by atoms with Crippen LogP contribution in [0.2, 0.25) is 0 Å². The van der Waals surface area contributed by atoms with E-state index in [9.17, 15) is 5.11 Å². The number of phenolic OH excluding ortho intramolecular Hbond substituents is 1. The lowest BCUT2D eigenvalue weighted by molar-refractivity contribution is 0.463. The van der Waals surface area contributed by atoms with Gasteiger partial charge in [-0.15, -0.1) is 6.58 Å². The molecule has 0 saturated heterocycles. The van der Waals surface area contributed by atoms with Gasteiger partial charge in [0.1, 0.15) is 5.75 Å². The molecule has 0 aromatic heterocycles. The first-order chi connectivity index (χ1) is 6.52. The number of rotatable bonds is 3. The molecule has 0 amide bonds. The lowest BCUT2D eigenvalue weighted by atomic mass is 9.98. The van der Waals surface area contributed by atoms with Crippen molar-refractivity contribution in [2.75, 3.05) is 0 Å². The molecule has 0 aliphatic carbocycles. The van der Waals surface area contributed by atoms with Crippen LogP contribution in [0.5, 0.6) is 5.75 Å². The molecule has 0 fully saturated rings. The van der Waals surface area contributed by atoms with E-state index in [1.165, 1.54) is 0 Å². The highest BCUT2D eigenvalue weighted by atomic mass is 16.3. The van der Waals surface area contributed by atoms with E-state index in [1.807, 2.05) is 26.8 Å². The maximum absolute atomic E-state index is 9.86. The number of aromatic hydroxyl groups is 1. The fraction of sp³-hybridized carbons (Fsp3) is 0.385. The summed E-state index contributed by atoms with van der Waals surface area (Å²) in [5, 5.41) is 9.86. The second kappa shape index (κ2) is 4.32. The molecule has 1 aromatic carbocycles. The maximum Gasteiger partial charge on any atom is 0.121 e. The molecule has 0 heterocycles. The number of aryl methyl sites for hydroxylation is 2. The molecule has 0 aliphatic rings. The van der Waals surface area contributed by atoms with Crippen molar-refractivity contribution in [3.05, 3.63) is 41.0 Å². The predicted octanol–water partition coefficient (Wildman–Crippen LogP) is 3.52. The van der Waals surface area contributed by atoms with Gasteiger partial charge in [-0.3, -0.25) is 0 Å². The van der Waals surface area contributed by atoms with Gasteiger partial charge in [0, 0.05) is 0 Å². The summed E-state index contributed by atoms with van der Waals surface area (Å²) in [6.07, 6.45) is 1.83. The second-order valence-electron chi connectivity index (χ2n) is 3.98. The highest BCUT2D eigenvalue weighted by Crippen LogP contribution is 2.26. The lowest BCUT2D eigenvalue weighted by Gasteiger charge is -2.10. The van der Waals surface area contributed by atoms with Crippen LogP contribution in [0, 0.1) is 13.8 Å². The van der Waals surface area contributed by atoms with Crippen molar-refractivity contribution in [2.24, 2.45) is 0 Å². The minimum absolute atomic E-state index is 0.450. The molecule has 0 bridgehead atoms.